The van der Waals surface area contributed by atoms with Gasteiger partial charge in [-0.3, -0.25) is 4.90 Å². The fourth-order valence-electron chi connectivity index (χ4n) is 1.62. The van der Waals surface area contributed by atoms with Crippen molar-refractivity contribution < 1.29 is 13.9 Å². The van der Waals surface area contributed by atoms with Gasteiger partial charge in [0.05, 0.1) is 6.61 Å². The summed E-state index contributed by atoms with van der Waals surface area (Å²) in [5.41, 5.74) is 0.461. The lowest BCUT2D eigenvalue weighted by Gasteiger charge is -2.20. The van der Waals surface area contributed by atoms with Crippen molar-refractivity contribution in [1.29, 1.82) is 0 Å². The molecular formula is C12H17F2NO. The van der Waals surface area contributed by atoms with Crippen LogP contribution < -0.4 is 0 Å². The summed E-state index contributed by atoms with van der Waals surface area (Å²) in [5, 5.41) is 8.86. The lowest BCUT2D eigenvalue weighted by atomic mass is 10.2. The Morgan fingerprint density at radius 1 is 1.25 bits per heavy atom. The lowest BCUT2D eigenvalue weighted by molar-refractivity contribution is 0.189. The number of hydrogen-bond donors (Lipinski definition) is 1. The minimum absolute atomic E-state index is 0.0445. The SMILES string of the molecule is CCCN(CCO)Cc1ccc(F)cc1F. The molecule has 4 heteroatoms. The molecule has 0 aliphatic rings. The number of nitrogens with zero attached hydrogens (tertiary/aromatic N) is 1. The van der Waals surface area contributed by atoms with Crippen LogP contribution in [0.4, 0.5) is 8.78 Å². The van der Waals surface area contributed by atoms with E-state index in [2.05, 4.69) is 0 Å². The summed E-state index contributed by atoms with van der Waals surface area (Å²) in [6, 6.07) is 3.59. The van der Waals surface area contributed by atoms with Gasteiger partial charge in [-0.2, -0.15) is 0 Å². The minimum Gasteiger partial charge on any atom is -0.395 e. The summed E-state index contributed by atoms with van der Waals surface area (Å²) >= 11 is 0. The zero-order valence-corrected chi connectivity index (χ0v) is 9.42. The van der Waals surface area contributed by atoms with E-state index in [1.165, 1.54) is 12.1 Å². The Morgan fingerprint density at radius 3 is 2.56 bits per heavy atom. The highest BCUT2D eigenvalue weighted by Crippen LogP contribution is 2.12. The molecule has 0 heterocycles. The topological polar surface area (TPSA) is 23.5 Å². The predicted octanol–water partition coefficient (Wildman–Crippen LogP) is 2.17. The summed E-state index contributed by atoms with van der Waals surface area (Å²) in [5.74, 6) is -1.09. The van der Waals surface area contributed by atoms with E-state index >= 15 is 0 Å². The monoisotopic (exact) mass is 229 g/mol. The molecule has 1 aromatic carbocycles. The van der Waals surface area contributed by atoms with Gasteiger partial charge in [0, 0.05) is 24.7 Å². The number of halogens is 2. The quantitative estimate of drug-likeness (QED) is 0.808. The molecule has 0 spiro atoms. The molecule has 0 atom stereocenters. The highest BCUT2D eigenvalue weighted by Gasteiger charge is 2.08. The van der Waals surface area contributed by atoms with Crippen molar-refractivity contribution in [3.05, 3.63) is 35.4 Å². The second kappa shape index (κ2) is 6.55. The molecule has 2 nitrogen and oxygen atoms in total. The first-order valence-corrected chi connectivity index (χ1v) is 5.44. The normalized spacial score (nSPS) is 11.1. The molecule has 0 saturated heterocycles. The van der Waals surface area contributed by atoms with E-state index in [0.717, 1.165) is 19.0 Å². The van der Waals surface area contributed by atoms with Gasteiger partial charge in [0.25, 0.3) is 0 Å². The van der Waals surface area contributed by atoms with E-state index in [0.29, 0.717) is 18.7 Å². The molecule has 0 radical (unpaired) electrons. The van der Waals surface area contributed by atoms with Crippen molar-refractivity contribution in [2.75, 3.05) is 19.7 Å². The van der Waals surface area contributed by atoms with Crippen molar-refractivity contribution >= 4 is 0 Å². The number of rotatable bonds is 6. The van der Waals surface area contributed by atoms with E-state index in [4.69, 9.17) is 5.11 Å². The summed E-state index contributed by atoms with van der Waals surface area (Å²) in [6.07, 6.45) is 0.933. The largest absolute Gasteiger partial charge is 0.395 e. The lowest BCUT2D eigenvalue weighted by Crippen LogP contribution is -2.27. The maximum atomic E-state index is 13.4. The van der Waals surface area contributed by atoms with Gasteiger partial charge in [-0.15, -0.1) is 0 Å². The Balaban J connectivity index is 2.68. The molecule has 1 N–H and O–H groups in total. The van der Waals surface area contributed by atoms with Crippen LogP contribution in [0.15, 0.2) is 18.2 Å². The van der Waals surface area contributed by atoms with Crippen LogP contribution >= 0.6 is 0 Å². The maximum absolute atomic E-state index is 13.4. The Labute approximate surface area is 94.5 Å². The predicted molar refractivity (Wildman–Crippen MR) is 59.0 cm³/mol. The van der Waals surface area contributed by atoms with Crippen LogP contribution in [0.3, 0.4) is 0 Å². The van der Waals surface area contributed by atoms with Crippen molar-refractivity contribution in [3.8, 4) is 0 Å². The molecule has 0 aromatic heterocycles. The molecule has 90 valence electrons. The van der Waals surface area contributed by atoms with Crippen LogP contribution in [-0.2, 0) is 6.54 Å². The second-order valence-corrected chi connectivity index (χ2v) is 3.74. The van der Waals surface area contributed by atoms with Crippen molar-refractivity contribution in [2.24, 2.45) is 0 Å². The number of aliphatic hydroxyl groups excluding tert-OH is 1. The van der Waals surface area contributed by atoms with E-state index in [9.17, 15) is 8.78 Å². The van der Waals surface area contributed by atoms with Gasteiger partial charge in [0.1, 0.15) is 11.6 Å². The fourth-order valence-corrected chi connectivity index (χ4v) is 1.62. The number of hydrogen-bond acceptors (Lipinski definition) is 2. The molecule has 1 aromatic rings. The van der Waals surface area contributed by atoms with E-state index in [1.54, 1.807) is 0 Å². The van der Waals surface area contributed by atoms with Crippen molar-refractivity contribution in [2.45, 2.75) is 19.9 Å². The Kier molecular flexibility index (Phi) is 5.35. The molecule has 0 bridgehead atoms. The summed E-state index contributed by atoms with van der Waals surface area (Å²) in [4.78, 5) is 1.94. The van der Waals surface area contributed by atoms with Gasteiger partial charge in [-0.1, -0.05) is 13.0 Å². The highest BCUT2D eigenvalue weighted by molar-refractivity contribution is 5.18. The molecule has 0 aliphatic heterocycles. The van der Waals surface area contributed by atoms with Gasteiger partial charge in [-0.25, -0.2) is 8.78 Å². The third kappa shape index (κ3) is 3.87. The van der Waals surface area contributed by atoms with E-state index in [1.807, 2.05) is 11.8 Å². The molecule has 0 aliphatic carbocycles. The standard InChI is InChI=1S/C12H17F2NO/c1-2-5-15(6-7-16)9-10-3-4-11(13)8-12(10)14/h3-4,8,16H,2,5-7,9H2,1H3. The third-order valence-electron chi connectivity index (χ3n) is 2.37. The van der Waals surface area contributed by atoms with Gasteiger partial charge < -0.3 is 5.11 Å². The van der Waals surface area contributed by atoms with Crippen molar-refractivity contribution in [1.82, 2.24) is 4.90 Å². The first kappa shape index (κ1) is 13.1. The van der Waals surface area contributed by atoms with Gasteiger partial charge >= 0.3 is 0 Å². The second-order valence-electron chi connectivity index (χ2n) is 3.74. The Morgan fingerprint density at radius 2 is 2.00 bits per heavy atom. The highest BCUT2D eigenvalue weighted by atomic mass is 19.1. The molecule has 0 fully saturated rings. The van der Waals surface area contributed by atoms with Crippen LogP contribution in [0.25, 0.3) is 0 Å². The van der Waals surface area contributed by atoms with Crippen LogP contribution in [0.5, 0.6) is 0 Å². The minimum atomic E-state index is -0.564. The average Bonchev–Trinajstić information content (AvgIpc) is 2.23. The smallest absolute Gasteiger partial charge is 0.130 e. The fraction of sp³-hybridized carbons (Fsp3) is 0.500. The van der Waals surface area contributed by atoms with E-state index < -0.39 is 11.6 Å². The first-order chi connectivity index (χ1) is 7.67. The number of benzene rings is 1. The molecular weight excluding hydrogens is 212 g/mol. The summed E-state index contributed by atoms with van der Waals surface area (Å²) < 4.78 is 26.0. The van der Waals surface area contributed by atoms with Crippen LogP contribution in [0.1, 0.15) is 18.9 Å². The Bertz CT molecular complexity index is 325. The summed E-state index contributed by atoms with van der Waals surface area (Å²) in [7, 11) is 0. The van der Waals surface area contributed by atoms with E-state index in [-0.39, 0.29) is 6.61 Å². The third-order valence-corrected chi connectivity index (χ3v) is 2.37. The maximum Gasteiger partial charge on any atom is 0.130 e. The van der Waals surface area contributed by atoms with Crippen LogP contribution in [0.2, 0.25) is 0 Å². The zero-order chi connectivity index (χ0) is 12.0. The zero-order valence-electron chi connectivity index (χ0n) is 9.42. The van der Waals surface area contributed by atoms with Crippen LogP contribution in [0, 0.1) is 11.6 Å². The first-order valence-electron chi connectivity index (χ1n) is 5.44. The molecule has 0 amide bonds. The molecule has 16 heavy (non-hydrogen) atoms. The average molecular weight is 229 g/mol. The van der Waals surface area contributed by atoms with Gasteiger partial charge in [0.15, 0.2) is 0 Å². The molecule has 0 unspecified atom stereocenters. The van der Waals surface area contributed by atoms with Gasteiger partial charge in [0.2, 0.25) is 0 Å². The van der Waals surface area contributed by atoms with Crippen molar-refractivity contribution in [3.63, 3.8) is 0 Å². The number of aliphatic hydroxyl groups is 1. The molecule has 0 saturated carbocycles. The molecule has 1 rings (SSSR count). The van der Waals surface area contributed by atoms with Crippen LogP contribution in [-0.4, -0.2) is 29.7 Å². The Hall–Kier alpha value is -1.00. The van der Waals surface area contributed by atoms with Gasteiger partial charge in [-0.05, 0) is 19.0 Å². The summed E-state index contributed by atoms with van der Waals surface area (Å²) in [6.45, 7) is 3.76.